The molecule has 98 valence electrons. The number of amides is 1. The Labute approximate surface area is 102 Å². The molecule has 2 fully saturated rings. The van der Waals surface area contributed by atoms with Crippen LogP contribution < -0.4 is 5.32 Å². The lowest BCUT2D eigenvalue weighted by molar-refractivity contribution is -0.132. The van der Waals surface area contributed by atoms with Gasteiger partial charge in [0, 0.05) is 6.04 Å². The molecule has 0 saturated carbocycles. The van der Waals surface area contributed by atoms with Crippen LogP contribution in [0.2, 0.25) is 0 Å². The third kappa shape index (κ3) is 2.33. The Balaban J connectivity index is 2.15. The van der Waals surface area contributed by atoms with Crippen LogP contribution in [0.3, 0.4) is 0 Å². The van der Waals surface area contributed by atoms with E-state index in [1.54, 1.807) is 4.90 Å². The van der Waals surface area contributed by atoms with Gasteiger partial charge in [-0.1, -0.05) is 13.8 Å². The molecule has 2 heterocycles. The number of rotatable bonds is 2. The fourth-order valence-corrected chi connectivity index (χ4v) is 4.44. The van der Waals surface area contributed by atoms with Crippen LogP contribution in [0.5, 0.6) is 0 Å². The van der Waals surface area contributed by atoms with E-state index in [2.05, 4.69) is 5.32 Å². The molecule has 2 saturated heterocycles. The monoisotopic (exact) mass is 260 g/mol. The van der Waals surface area contributed by atoms with Gasteiger partial charge < -0.3 is 4.90 Å². The summed E-state index contributed by atoms with van der Waals surface area (Å²) >= 11 is 0. The molecule has 5 nitrogen and oxygen atoms in total. The molecule has 0 aromatic rings. The molecule has 0 radical (unpaired) electrons. The van der Waals surface area contributed by atoms with E-state index in [1.807, 2.05) is 20.8 Å². The number of carbonyl (C=O) groups excluding carboxylic acids is 1. The van der Waals surface area contributed by atoms with Crippen molar-refractivity contribution in [3.05, 3.63) is 0 Å². The number of hydrogen-bond donors (Lipinski definition) is 1. The molecule has 0 bridgehead atoms. The van der Waals surface area contributed by atoms with E-state index in [0.29, 0.717) is 6.42 Å². The van der Waals surface area contributed by atoms with Crippen molar-refractivity contribution in [1.82, 2.24) is 10.2 Å². The van der Waals surface area contributed by atoms with Crippen LogP contribution in [0.25, 0.3) is 0 Å². The highest BCUT2D eigenvalue weighted by Gasteiger charge is 2.44. The van der Waals surface area contributed by atoms with Crippen LogP contribution in [0.15, 0.2) is 0 Å². The molecule has 2 rings (SSSR count). The minimum atomic E-state index is -2.94. The van der Waals surface area contributed by atoms with Crippen molar-refractivity contribution >= 4 is 15.7 Å². The smallest absolute Gasteiger partial charge is 0.241 e. The Morgan fingerprint density at radius 2 is 2.06 bits per heavy atom. The van der Waals surface area contributed by atoms with Gasteiger partial charge in [-0.15, -0.1) is 0 Å². The SMILES string of the molecule is CC(C)C1NC(C)N(C2CCS(=O)(=O)C2)C1=O. The lowest BCUT2D eigenvalue weighted by Gasteiger charge is -2.26. The summed E-state index contributed by atoms with van der Waals surface area (Å²) in [5.74, 6) is 0.610. The Kier molecular flexibility index (Phi) is 3.20. The molecular formula is C11H20N2O3S. The Morgan fingerprint density at radius 3 is 2.47 bits per heavy atom. The zero-order chi connectivity index (χ0) is 12.8. The van der Waals surface area contributed by atoms with Crippen molar-refractivity contribution in [3.8, 4) is 0 Å². The van der Waals surface area contributed by atoms with E-state index in [4.69, 9.17) is 0 Å². The largest absolute Gasteiger partial charge is 0.322 e. The molecule has 0 aliphatic carbocycles. The van der Waals surface area contributed by atoms with Gasteiger partial charge in [0.1, 0.15) is 0 Å². The number of nitrogens with zero attached hydrogens (tertiary/aromatic N) is 1. The molecule has 2 aliphatic rings. The van der Waals surface area contributed by atoms with E-state index in [9.17, 15) is 13.2 Å². The van der Waals surface area contributed by atoms with Crippen molar-refractivity contribution in [2.45, 2.75) is 45.4 Å². The van der Waals surface area contributed by atoms with Crippen molar-refractivity contribution in [1.29, 1.82) is 0 Å². The first-order valence-electron chi connectivity index (χ1n) is 6.10. The zero-order valence-corrected chi connectivity index (χ0v) is 11.3. The zero-order valence-electron chi connectivity index (χ0n) is 10.5. The molecule has 6 heteroatoms. The van der Waals surface area contributed by atoms with Crippen LogP contribution in [-0.2, 0) is 14.6 Å². The lowest BCUT2D eigenvalue weighted by atomic mass is 10.0. The number of sulfone groups is 1. The minimum absolute atomic E-state index is 0.0506. The van der Waals surface area contributed by atoms with Gasteiger partial charge in [-0.25, -0.2) is 8.42 Å². The summed E-state index contributed by atoms with van der Waals surface area (Å²) in [4.78, 5) is 14.0. The summed E-state index contributed by atoms with van der Waals surface area (Å²) in [6, 6.07) is -0.313. The van der Waals surface area contributed by atoms with Crippen LogP contribution >= 0.6 is 0 Å². The number of nitrogens with one attached hydrogen (secondary N) is 1. The predicted molar refractivity (Wildman–Crippen MR) is 65.1 cm³/mol. The highest BCUT2D eigenvalue weighted by Crippen LogP contribution is 2.25. The maximum absolute atomic E-state index is 12.2. The third-order valence-electron chi connectivity index (χ3n) is 3.63. The average Bonchev–Trinajstić information content (AvgIpc) is 2.67. The second-order valence-electron chi connectivity index (χ2n) is 5.37. The first-order valence-corrected chi connectivity index (χ1v) is 7.92. The van der Waals surface area contributed by atoms with Gasteiger partial charge in [-0.05, 0) is 19.3 Å². The van der Waals surface area contributed by atoms with Crippen molar-refractivity contribution in [2.75, 3.05) is 11.5 Å². The second kappa shape index (κ2) is 4.24. The van der Waals surface area contributed by atoms with Gasteiger partial charge in [-0.3, -0.25) is 10.1 Å². The predicted octanol–water partition coefficient (Wildman–Crippen LogP) is -0.0241. The Morgan fingerprint density at radius 1 is 1.41 bits per heavy atom. The van der Waals surface area contributed by atoms with Crippen LogP contribution in [0.1, 0.15) is 27.2 Å². The van der Waals surface area contributed by atoms with Crippen molar-refractivity contribution < 1.29 is 13.2 Å². The highest BCUT2D eigenvalue weighted by molar-refractivity contribution is 7.91. The van der Waals surface area contributed by atoms with E-state index >= 15 is 0 Å². The molecule has 1 amide bonds. The normalized spacial score (nSPS) is 37.1. The summed E-state index contributed by atoms with van der Waals surface area (Å²) < 4.78 is 22.9. The lowest BCUT2D eigenvalue weighted by Crippen LogP contribution is -2.43. The molecule has 0 spiro atoms. The Hall–Kier alpha value is -0.620. The maximum Gasteiger partial charge on any atom is 0.241 e. The van der Waals surface area contributed by atoms with Gasteiger partial charge in [0.2, 0.25) is 5.91 Å². The van der Waals surface area contributed by atoms with E-state index < -0.39 is 9.84 Å². The van der Waals surface area contributed by atoms with Crippen LogP contribution in [0, 0.1) is 5.92 Å². The molecule has 3 unspecified atom stereocenters. The van der Waals surface area contributed by atoms with Crippen LogP contribution in [0.4, 0.5) is 0 Å². The first kappa shape index (κ1) is 12.8. The summed E-state index contributed by atoms with van der Waals surface area (Å²) in [6.07, 6.45) is 0.512. The second-order valence-corrected chi connectivity index (χ2v) is 7.60. The molecule has 1 N–H and O–H groups in total. The molecule has 0 aromatic carbocycles. The van der Waals surface area contributed by atoms with E-state index in [0.717, 1.165) is 0 Å². The van der Waals surface area contributed by atoms with Gasteiger partial charge in [0.25, 0.3) is 0 Å². The fourth-order valence-electron chi connectivity index (χ4n) is 2.73. The number of carbonyl (C=O) groups is 1. The third-order valence-corrected chi connectivity index (χ3v) is 5.38. The van der Waals surface area contributed by atoms with Crippen LogP contribution in [-0.4, -0.2) is 49.0 Å². The summed E-state index contributed by atoms with van der Waals surface area (Å²) in [5, 5.41) is 3.24. The quantitative estimate of drug-likeness (QED) is 0.757. The summed E-state index contributed by atoms with van der Waals surface area (Å²) in [6.45, 7) is 5.92. The van der Waals surface area contributed by atoms with Crippen molar-refractivity contribution in [3.63, 3.8) is 0 Å². The molecular weight excluding hydrogens is 240 g/mol. The molecule has 2 aliphatic heterocycles. The number of hydrogen-bond acceptors (Lipinski definition) is 4. The van der Waals surface area contributed by atoms with Gasteiger partial charge in [0.05, 0.1) is 23.7 Å². The fraction of sp³-hybridized carbons (Fsp3) is 0.909. The highest BCUT2D eigenvalue weighted by atomic mass is 32.2. The molecule has 0 aromatic heterocycles. The standard InChI is InChI=1S/C11H20N2O3S/c1-7(2)10-11(14)13(8(3)12-10)9-4-5-17(15,16)6-9/h7-10,12H,4-6H2,1-3H3. The first-order chi connectivity index (χ1) is 7.82. The van der Waals surface area contributed by atoms with E-state index in [1.165, 1.54) is 0 Å². The van der Waals surface area contributed by atoms with Crippen molar-refractivity contribution in [2.24, 2.45) is 5.92 Å². The maximum atomic E-state index is 12.2. The van der Waals surface area contributed by atoms with Gasteiger partial charge in [0.15, 0.2) is 9.84 Å². The summed E-state index contributed by atoms with van der Waals surface area (Å²) in [7, 11) is -2.94. The molecule has 3 atom stereocenters. The van der Waals surface area contributed by atoms with E-state index in [-0.39, 0.29) is 41.6 Å². The Bertz CT molecular complexity index is 418. The molecule has 17 heavy (non-hydrogen) atoms. The average molecular weight is 260 g/mol. The van der Waals surface area contributed by atoms with Gasteiger partial charge in [-0.2, -0.15) is 0 Å². The topological polar surface area (TPSA) is 66.5 Å². The summed E-state index contributed by atoms with van der Waals surface area (Å²) in [5.41, 5.74) is 0. The van der Waals surface area contributed by atoms with Gasteiger partial charge >= 0.3 is 0 Å². The minimum Gasteiger partial charge on any atom is -0.322 e.